The first-order chi connectivity index (χ1) is 10.4. The van der Waals surface area contributed by atoms with E-state index in [1.165, 1.54) is 5.39 Å². The van der Waals surface area contributed by atoms with E-state index in [0.29, 0.717) is 5.88 Å². The average molecular weight is 271 g/mol. The smallest absolute Gasteiger partial charge is 0.230 e. The fraction of sp³-hybridized carbons (Fsp3) is 0. The lowest BCUT2D eigenvalue weighted by atomic mass is 9.97. The van der Waals surface area contributed by atoms with Crippen LogP contribution in [0.3, 0.4) is 0 Å². The fourth-order valence-electron chi connectivity index (χ4n) is 2.93. The highest BCUT2D eigenvalue weighted by Gasteiger charge is 2.24. The van der Waals surface area contributed by atoms with E-state index in [1.807, 2.05) is 24.3 Å². The second kappa shape index (κ2) is 3.76. The summed E-state index contributed by atoms with van der Waals surface area (Å²) in [5.41, 5.74) is 2.76. The van der Waals surface area contributed by atoms with E-state index in [0.717, 1.165) is 33.3 Å². The van der Waals surface area contributed by atoms with Gasteiger partial charge in [-0.2, -0.15) is 0 Å². The predicted molar refractivity (Wildman–Crippen MR) is 80.3 cm³/mol. The number of aromatic nitrogens is 3. The Morgan fingerprint density at radius 3 is 2.81 bits per heavy atom. The number of pyridine rings is 1. The molecule has 0 fully saturated rings. The molecule has 2 aromatic carbocycles. The molecule has 0 aliphatic carbocycles. The molecule has 0 amide bonds. The number of ether oxygens (including phenoxy) is 1. The molecule has 21 heavy (non-hydrogen) atoms. The van der Waals surface area contributed by atoms with Crippen LogP contribution in [0.15, 0.2) is 55.0 Å². The van der Waals surface area contributed by atoms with E-state index in [4.69, 9.17) is 4.74 Å². The summed E-state index contributed by atoms with van der Waals surface area (Å²) in [4.78, 5) is 13.1. The van der Waals surface area contributed by atoms with Gasteiger partial charge in [-0.15, -0.1) is 0 Å². The normalized spacial score (nSPS) is 12.2. The van der Waals surface area contributed by atoms with Gasteiger partial charge in [-0.3, -0.25) is 0 Å². The van der Waals surface area contributed by atoms with Crippen LogP contribution in [-0.4, -0.2) is 15.0 Å². The lowest BCUT2D eigenvalue weighted by Crippen LogP contribution is -2.02. The second-order valence-corrected chi connectivity index (χ2v) is 4.99. The van der Waals surface area contributed by atoms with Crippen LogP contribution in [-0.2, 0) is 0 Å². The van der Waals surface area contributed by atoms with E-state index < -0.39 is 0 Å². The van der Waals surface area contributed by atoms with Gasteiger partial charge in [0.15, 0.2) is 0 Å². The summed E-state index contributed by atoms with van der Waals surface area (Å²) in [6, 6.07) is 14.1. The molecule has 0 saturated carbocycles. The summed E-state index contributed by atoms with van der Waals surface area (Å²) in [6.07, 6.45) is 3.30. The number of hydrogen-bond donors (Lipinski definition) is 0. The zero-order valence-corrected chi connectivity index (χ0v) is 10.9. The van der Waals surface area contributed by atoms with Crippen molar-refractivity contribution in [3.8, 4) is 22.9 Å². The lowest BCUT2D eigenvalue weighted by molar-refractivity contribution is 0.467. The SMILES string of the molecule is c1ccc2c3c(ccc2c1)Oc1nccc2ncnc-3c12. The molecular formula is C17H9N3O. The molecule has 0 radical (unpaired) electrons. The molecule has 4 aromatic rings. The quantitative estimate of drug-likeness (QED) is 0.428. The van der Waals surface area contributed by atoms with Gasteiger partial charge in [0.1, 0.15) is 12.1 Å². The summed E-state index contributed by atoms with van der Waals surface area (Å²) in [7, 11) is 0. The van der Waals surface area contributed by atoms with Crippen LogP contribution in [0, 0.1) is 0 Å². The Kier molecular flexibility index (Phi) is 1.92. The molecule has 4 heteroatoms. The molecule has 5 rings (SSSR count). The standard InChI is InChI=1S/C17H9N3O/c1-2-4-11-10(3-1)5-6-13-14(11)16-15-12(19-9-20-16)7-8-18-17(15)21-13/h1-9H. The number of nitrogens with zero attached hydrogens (tertiary/aromatic N) is 3. The van der Waals surface area contributed by atoms with Crippen molar-refractivity contribution < 1.29 is 4.74 Å². The lowest BCUT2D eigenvalue weighted by Gasteiger charge is -2.20. The van der Waals surface area contributed by atoms with E-state index in [1.54, 1.807) is 12.5 Å². The molecule has 1 aliphatic heterocycles. The van der Waals surface area contributed by atoms with Crippen molar-refractivity contribution in [3.63, 3.8) is 0 Å². The van der Waals surface area contributed by atoms with Gasteiger partial charge in [0, 0.05) is 6.20 Å². The molecule has 98 valence electrons. The van der Waals surface area contributed by atoms with Gasteiger partial charge in [0.25, 0.3) is 0 Å². The Bertz CT molecular complexity index is 1020. The molecule has 1 aliphatic rings. The topological polar surface area (TPSA) is 47.9 Å². The molecule has 0 spiro atoms. The molecule has 0 N–H and O–H groups in total. The molecule has 0 saturated heterocycles. The van der Waals surface area contributed by atoms with E-state index in [9.17, 15) is 0 Å². The van der Waals surface area contributed by atoms with Crippen molar-refractivity contribution in [1.29, 1.82) is 0 Å². The number of hydrogen-bond acceptors (Lipinski definition) is 4. The first kappa shape index (κ1) is 10.7. The second-order valence-electron chi connectivity index (χ2n) is 4.99. The van der Waals surface area contributed by atoms with Gasteiger partial charge in [0.05, 0.1) is 22.2 Å². The van der Waals surface area contributed by atoms with Crippen LogP contribution in [0.1, 0.15) is 0 Å². The van der Waals surface area contributed by atoms with Crippen molar-refractivity contribution in [2.24, 2.45) is 0 Å². The summed E-state index contributed by atoms with van der Waals surface area (Å²) in [5, 5.41) is 3.17. The molecule has 3 heterocycles. The largest absolute Gasteiger partial charge is 0.437 e. The Morgan fingerprint density at radius 2 is 1.81 bits per heavy atom. The number of rotatable bonds is 0. The first-order valence-electron chi connectivity index (χ1n) is 6.71. The minimum Gasteiger partial charge on any atom is -0.437 e. The van der Waals surface area contributed by atoms with Crippen LogP contribution in [0.25, 0.3) is 32.9 Å². The van der Waals surface area contributed by atoms with E-state index in [2.05, 4.69) is 33.2 Å². The first-order valence-corrected chi connectivity index (χ1v) is 6.71. The third-order valence-electron chi connectivity index (χ3n) is 3.85. The molecule has 0 atom stereocenters. The highest BCUT2D eigenvalue weighted by molar-refractivity contribution is 6.08. The zero-order valence-electron chi connectivity index (χ0n) is 10.9. The van der Waals surface area contributed by atoms with Crippen LogP contribution >= 0.6 is 0 Å². The summed E-state index contributed by atoms with van der Waals surface area (Å²) in [5.74, 6) is 1.37. The van der Waals surface area contributed by atoms with Crippen LogP contribution in [0.5, 0.6) is 11.6 Å². The Labute approximate surface area is 120 Å². The Hall–Kier alpha value is -3.01. The van der Waals surface area contributed by atoms with Gasteiger partial charge in [-0.1, -0.05) is 30.3 Å². The van der Waals surface area contributed by atoms with Crippen molar-refractivity contribution >= 4 is 21.7 Å². The fourth-order valence-corrected chi connectivity index (χ4v) is 2.93. The van der Waals surface area contributed by atoms with Crippen molar-refractivity contribution in [2.75, 3.05) is 0 Å². The Morgan fingerprint density at radius 1 is 0.857 bits per heavy atom. The molecule has 2 aromatic heterocycles. The highest BCUT2D eigenvalue weighted by Crippen LogP contribution is 2.46. The third-order valence-corrected chi connectivity index (χ3v) is 3.85. The summed E-state index contributed by atoms with van der Waals surface area (Å²) < 4.78 is 5.97. The Balaban J connectivity index is 2.03. The van der Waals surface area contributed by atoms with E-state index in [-0.39, 0.29) is 0 Å². The van der Waals surface area contributed by atoms with Gasteiger partial charge in [0.2, 0.25) is 5.88 Å². The van der Waals surface area contributed by atoms with Crippen LogP contribution in [0.2, 0.25) is 0 Å². The van der Waals surface area contributed by atoms with Gasteiger partial charge >= 0.3 is 0 Å². The maximum atomic E-state index is 5.97. The van der Waals surface area contributed by atoms with Crippen molar-refractivity contribution in [1.82, 2.24) is 15.0 Å². The van der Waals surface area contributed by atoms with Crippen molar-refractivity contribution in [2.45, 2.75) is 0 Å². The van der Waals surface area contributed by atoms with E-state index >= 15 is 0 Å². The number of fused-ring (bicyclic) bond motifs is 4. The van der Waals surface area contributed by atoms with Crippen LogP contribution < -0.4 is 4.74 Å². The number of benzene rings is 2. The van der Waals surface area contributed by atoms with Gasteiger partial charge in [-0.25, -0.2) is 15.0 Å². The predicted octanol–water partition coefficient (Wildman–Crippen LogP) is 3.95. The molecule has 0 bridgehead atoms. The minimum atomic E-state index is 0.575. The molecule has 4 nitrogen and oxygen atoms in total. The monoisotopic (exact) mass is 271 g/mol. The summed E-state index contributed by atoms with van der Waals surface area (Å²) >= 11 is 0. The average Bonchev–Trinajstić information content (AvgIpc) is 2.55. The molecular weight excluding hydrogens is 262 g/mol. The van der Waals surface area contributed by atoms with Gasteiger partial charge < -0.3 is 4.74 Å². The highest BCUT2D eigenvalue weighted by atomic mass is 16.5. The van der Waals surface area contributed by atoms with Gasteiger partial charge in [-0.05, 0) is 22.9 Å². The maximum absolute atomic E-state index is 5.97. The third kappa shape index (κ3) is 1.36. The minimum absolute atomic E-state index is 0.575. The molecule has 0 unspecified atom stereocenters. The van der Waals surface area contributed by atoms with Crippen molar-refractivity contribution in [3.05, 3.63) is 55.0 Å². The summed E-state index contributed by atoms with van der Waals surface area (Å²) in [6.45, 7) is 0. The maximum Gasteiger partial charge on any atom is 0.230 e. The zero-order chi connectivity index (χ0) is 13.8. The van der Waals surface area contributed by atoms with Crippen LogP contribution in [0.4, 0.5) is 0 Å².